The summed E-state index contributed by atoms with van der Waals surface area (Å²) in [6.07, 6.45) is 0. The van der Waals surface area contributed by atoms with Crippen molar-refractivity contribution in [2.24, 2.45) is 0 Å². The van der Waals surface area contributed by atoms with Gasteiger partial charge < -0.3 is 4.74 Å². The first kappa shape index (κ1) is 13.5. The Kier molecular flexibility index (Phi) is 3.81. The summed E-state index contributed by atoms with van der Waals surface area (Å²) in [7, 11) is 1.39. The third kappa shape index (κ3) is 2.58. The molecule has 2 nitrogen and oxygen atoms in total. The summed E-state index contributed by atoms with van der Waals surface area (Å²) in [6, 6.07) is 7.89. The Morgan fingerprint density at radius 1 is 1.11 bits per heavy atom. The van der Waals surface area contributed by atoms with E-state index in [2.05, 4.69) is 0 Å². The van der Waals surface area contributed by atoms with E-state index in [0.717, 1.165) is 12.1 Å². The van der Waals surface area contributed by atoms with Crippen molar-refractivity contribution in [3.8, 4) is 5.75 Å². The van der Waals surface area contributed by atoms with Gasteiger partial charge in [0, 0.05) is 0 Å². The van der Waals surface area contributed by atoms with Crippen molar-refractivity contribution in [3.63, 3.8) is 0 Å². The Labute approximate surface area is 113 Å². The number of hydrogen-bond donors (Lipinski definition) is 0. The van der Waals surface area contributed by atoms with Crippen LogP contribution in [0.25, 0.3) is 0 Å². The number of carbonyl (C=O) groups excluding carboxylic acids is 1. The highest BCUT2D eigenvalue weighted by molar-refractivity contribution is 6.31. The fraction of sp³-hybridized carbons (Fsp3) is 0.0714. The Morgan fingerprint density at radius 2 is 1.79 bits per heavy atom. The lowest BCUT2D eigenvalue weighted by molar-refractivity contribution is 0.103. The molecular formula is C14H9ClF2O2. The van der Waals surface area contributed by atoms with Crippen LogP contribution in [0.3, 0.4) is 0 Å². The molecule has 0 unspecified atom stereocenters. The molecule has 98 valence electrons. The van der Waals surface area contributed by atoms with Crippen molar-refractivity contribution in [1.82, 2.24) is 0 Å². The minimum Gasteiger partial charge on any atom is -0.496 e. The molecule has 0 fully saturated rings. The molecule has 19 heavy (non-hydrogen) atoms. The fourth-order valence-electron chi connectivity index (χ4n) is 1.67. The Balaban J connectivity index is 2.53. The number of halogens is 3. The van der Waals surface area contributed by atoms with Gasteiger partial charge in [0.05, 0.1) is 23.3 Å². The molecule has 0 heterocycles. The first-order chi connectivity index (χ1) is 9.04. The zero-order chi connectivity index (χ0) is 14.0. The Bertz CT molecular complexity index is 641. The topological polar surface area (TPSA) is 26.3 Å². The summed E-state index contributed by atoms with van der Waals surface area (Å²) in [4.78, 5) is 12.2. The quantitative estimate of drug-likeness (QED) is 0.631. The number of ether oxygens (including phenoxy) is 1. The highest BCUT2D eigenvalue weighted by Crippen LogP contribution is 2.25. The van der Waals surface area contributed by atoms with Gasteiger partial charge in [-0.2, -0.15) is 0 Å². The Morgan fingerprint density at radius 3 is 2.47 bits per heavy atom. The number of methoxy groups -OCH3 is 1. The summed E-state index contributed by atoms with van der Waals surface area (Å²) >= 11 is 5.44. The molecule has 0 saturated carbocycles. The lowest BCUT2D eigenvalue weighted by Crippen LogP contribution is -2.07. The van der Waals surface area contributed by atoms with E-state index < -0.39 is 17.4 Å². The van der Waals surface area contributed by atoms with Crippen molar-refractivity contribution in [2.45, 2.75) is 0 Å². The van der Waals surface area contributed by atoms with Gasteiger partial charge in [0.25, 0.3) is 0 Å². The van der Waals surface area contributed by atoms with Gasteiger partial charge in [-0.15, -0.1) is 0 Å². The molecule has 0 aliphatic heterocycles. The minimum absolute atomic E-state index is 0.158. The summed E-state index contributed by atoms with van der Waals surface area (Å²) in [5.74, 6) is -2.09. The van der Waals surface area contributed by atoms with Gasteiger partial charge in [-0.3, -0.25) is 4.79 Å². The van der Waals surface area contributed by atoms with E-state index in [4.69, 9.17) is 16.3 Å². The summed E-state index contributed by atoms with van der Waals surface area (Å²) in [5, 5.41) is -0.367. The molecular weight excluding hydrogens is 274 g/mol. The first-order valence-electron chi connectivity index (χ1n) is 5.37. The van der Waals surface area contributed by atoms with E-state index in [1.165, 1.54) is 13.2 Å². The van der Waals surface area contributed by atoms with Crippen molar-refractivity contribution >= 4 is 17.4 Å². The largest absolute Gasteiger partial charge is 0.496 e. The molecule has 0 spiro atoms. The number of rotatable bonds is 3. The monoisotopic (exact) mass is 282 g/mol. The van der Waals surface area contributed by atoms with Crippen LogP contribution in [0.5, 0.6) is 5.75 Å². The number of ketones is 1. The number of carbonyl (C=O) groups is 1. The van der Waals surface area contributed by atoms with Crippen LogP contribution in [-0.2, 0) is 0 Å². The first-order valence-corrected chi connectivity index (χ1v) is 5.74. The summed E-state index contributed by atoms with van der Waals surface area (Å²) < 4.78 is 32.0. The molecule has 0 saturated heterocycles. The predicted octanol–water partition coefficient (Wildman–Crippen LogP) is 3.86. The lowest BCUT2D eigenvalue weighted by atomic mass is 10.0. The molecule has 2 rings (SSSR count). The lowest BCUT2D eigenvalue weighted by Gasteiger charge is -2.08. The second kappa shape index (κ2) is 5.36. The minimum atomic E-state index is -0.873. The number of hydrogen-bond acceptors (Lipinski definition) is 2. The number of benzene rings is 2. The van der Waals surface area contributed by atoms with Gasteiger partial charge in [-0.1, -0.05) is 23.7 Å². The van der Waals surface area contributed by atoms with E-state index in [9.17, 15) is 13.6 Å². The van der Waals surface area contributed by atoms with Crippen LogP contribution in [0.1, 0.15) is 15.9 Å². The second-order valence-electron chi connectivity index (χ2n) is 3.78. The maximum absolute atomic E-state index is 13.7. The molecule has 2 aromatic carbocycles. The van der Waals surface area contributed by atoms with E-state index in [-0.39, 0.29) is 16.1 Å². The average molecular weight is 283 g/mol. The molecule has 0 aliphatic rings. The summed E-state index contributed by atoms with van der Waals surface area (Å²) in [5.41, 5.74) is -0.225. The van der Waals surface area contributed by atoms with E-state index in [1.54, 1.807) is 18.2 Å². The predicted molar refractivity (Wildman–Crippen MR) is 67.8 cm³/mol. The molecule has 5 heteroatoms. The van der Waals surface area contributed by atoms with Gasteiger partial charge in [0.1, 0.15) is 17.4 Å². The van der Waals surface area contributed by atoms with Crippen molar-refractivity contribution in [1.29, 1.82) is 0 Å². The Hall–Kier alpha value is -1.94. The third-order valence-corrected chi connectivity index (χ3v) is 2.90. The van der Waals surface area contributed by atoms with Crippen LogP contribution < -0.4 is 4.74 Å². The average Bonchev–Trinajstić information content (AvgIpc) is 2.42. The van der Waals surface area contributed by atoms with Gasteiger partial charge in [-0.25, -0.2) is 8.78 Å². The molecule has 0 N–H and O–H groups in total. The van der Waals surface area contributed by atoms with Crippen LogP contribution in [0.15, 0.2) is 36.4 Å². The molecule has 0 aliphatic carbocycles. The highest BCUT2D eigenvalue weighted by Gasteiger charge is 2.19. The standard InChI is InChI=1S/C14H9ClF2O2/c1-19-13-5-3-2-4-8(13)14(18)9-6-12(17)10(15)7-11(9)16/h2-7H,1H3. The molecule has 0 amide bonds. The van der Waals surface area contributed by atoms with Crippen LogP contribution in [0.4, 0.5) is 8.78 Å². The highest BCUT2D eigenvalue weighted by atomic mass is 35.5. The van der Waals surface area contributed by atoms with E-state index >= 15 is 0 Å². The smallest absolute Gasteiger partial charge is 0.199 e. The summed E-state index contributed by atoms with van der Waals surface area (Å²) in [6.45, 7) is 0. The van der Waals surface area contributed by atoms with E-state index in [1.807, 2.05) is 0 Å². The maximum Gasteiger partial charge on any atom is 0.199 e. The normalized spacial score (nSPS) is 10.3. The van der Waals surface area contributed by atoms with Crippen LogP contribution in [-0.4, -0.2) is 12.9 Å². The van der Waals surface area contributed by atoms with E-state index in [0.29, 0.717) is 5.75 Å². The van der Waals surface area contributed by atoms with Gasteiger partial charge in [0.15, 0.2) is 5.78 Å². The second-order valence-corrected chi connectivity index (χ2v) is 4.18. The zero-order valence-corrected chi connectivity index (χ0v) is 10.7. The maximum atomic E-state index is 13.7. The van der Waals surface area contributed by atoms with Crippen LogP contribution >= 0.6 is 11.6 Å². The van der Waals surface area contributed by atoms with Gasteiger partial charge in [-0.05, 0) is 24.3 Å². The fourth-order valence-corrected chi connectivity index (χ4v) is 1.82. The van der Waals surface area contributed by atoms with Gasteiger partial charge >= 0.3 is 0 Å². The molecule has 0 radical (unpaired) electrons. The SMILES string of the molecule is COc1ccccc1C(=O)c1cc(F)c(Cl)cc1F. The zero-order valence-electron chi connectivity index (χ0n) is 9.91. The third-order valence-electron chi connectivity index (χ3n) is 2.61. The van der Waals surface area contributed by atoms with Gasteiger partial charge in [0.2, 0.25) is 0 Å². The van der Waals surface area contributed by atoms with Crippen molar-refractivity contribution in [2.75, 3.05) is 7.11 Å². The van der Waals surface area contributed by atoms with Crippen molar-refractivity contribution in [3.05, 3.63) is 64.2 Å². The molecule has 0 bridgehead atoms. The molecule has 2 aromatic rings. The van der Waals surface area contributed by atoms with Crippen molar-refractivity contribution < 1.29 is 18.3 Å². The number of para-hydroxylation sites is 1. The molecule has 0 atom stereocenters. The van der Waals surface area contributed by atoms with Crippen LogP contribution in [0.2, 0.25) is 5.02 Å². The van der Waals surface area contributed by atoms with Crippen LogP contribution in [0, 0.1) is 11.6 Å². The molecule has 0 aromatic heterocycles.